The first-order valence-electron chi connectivity index (χ1n) is 7.31. The maximum absolute atomic E-state index is 8.82. The lowest BCUT2D eigenvalue weighted by atomic mass is 10.2. The first-order valence-corrected chi connectivity index (χ1v) is 8.13. The molecule has 0 saturated carbocycles. The molecule has 0 amide bonds. The highest BCUT2D eigenvalue weighted by Gasteiger charge is 2.12. The van der Waals surface area contributed by atoms with E-state index in [2.05, 4.69) is 42.2 Å². The largest absolute Gasteiger partial charge is 0.495 e. The van der Waals surface area contributed by atoms with E-state index < -0.39 is 0 Å². The standard InChI is InChI=1S/C18H20N2OS/c1-3-20(13-7-12-19)17-14-16(10-11-18(17)21-2)22-15-8-5-4-6-9-15/h4-6,8-11,14H,3,7,13H2,1-2H3. The Labute approximate surface area is 136 Å². The molecule has 0 N–H and O–H groups in total. The molecule has 0 fully saturated rings. The average molecular weight is 312 g/mol. The zero-order valence-electron chi connectivity index (χ0n) is 13.0. The average Bonchev–Trinajstić information content (AvgIpc) is 2.57. The van der Waals surface area contributed by atoms with Gasteiger partial charge < -0.3 is 9.64 Å². The first kappa shape index (κ1) is 16.3. The summed E-state index contributed by atoms with van der Waals surface area (Å²) in [5.74, 6) is 0.845. The van der Waals surface area contributed by atoms with Crippen molar-refractivity contribution in [2.75, 3.05) is 25.1 Å². The van der Waals surface area contributed by atoms with Gasteiger partial charge in [0.05, 0.1) is 25.3 Å². The molecule has 0 aliphatic heterocycles. The summed E-state index contributed by atoms with van der Waals surface area (Å²) in [5, 5.41) is 8.82. The number of rotatable bonds is 7. The van der Waals surface area contributed by atoms with E-state index >= 15 is 0 Å². The van der Waals surface area contributed by atoms with E-state index in [-0.39, 0.29) is 0 Å². The predicted molar refractivity (Wildman–Crippen MR) is 91.7 cm³/mol. The second-order valence-electron chi connectivity index (χ2n) is 4.74. The van der Waals surface area contributed by atoms with Crippen molar-refractivity contribution in [1.29, 1.82) is 5.26 Å². The van der Waals surface area contributed by atoms with E-state index in [1.54, 1.807) is 18.9 Å². The van der Waals surface area contributed by atoms with Gasteiger partial charge >= 0.3 is 0 Å². The van der Waals surface area contributed by atoms with Crippen molar-refractivity contribution in [3.63, 3.8) is 0 Å². The molecule has 0 unspecified atom stereocenters. The molecular formula is C18H20N2OS. The fraction of sp³-hybridized carbons (Fsp3) is 0.278. The first-order chi connectivity index (χ1) is 10.8. The summed E-state index contributed by atoms with van der Waals surface area (Å²) in [7, 11) is 1.68. The van der Waals surface area contributed by atoms with Gasteiger partial charge in [0, 0.05) is 22.9 Å². The van der Waals surface area contributed by atoms with Gasteiger partial charge in [0.25, 0.3) is 0 Å². The van der Waals surface area contributed by atoms with E-state index in [0.717, 1.165) is 22.9 Å². The summed E-state index contributed by atoms with van der Waals surface area (Å²) in [6.45, 7) is 3.65. The lowest BCUT2D eigenvalue weighted by Gasteiger charge is -2.24. The maximum Gasteiger partial charge on any atom is 0.142 e. The highest BCUT2D eigenvalue weighted by Crippen LogP contribution is 2.35. The zero-order chi connectivity index (χ0) is 15.8. The van der Waals surface area contributed by atoms with Crippen molar-refractivity contribution >= 4 is 17.4 Å². The molecule has 0 radical (unpaired) electrons. The molecule has 4 heteroatoms. The molecule has 0 heterocycles. The normalized spacial score (nSPS) is 10.0. The van der Waals surface area contributed by atoms with Crippen molar-refractivity contribution in [2.45, 2.75) is 23.1 Å². The number of nitrogens with zero attached hydrogens (tertiary/aromatic N) is 2. The van der Waals surface area contributed by atoms with Crippen LogP contribution in [0.1, 0.15) is 13.3 Å². The zero-order valence-corrected chi connectivity index (χ0v) is 13.8. The summed E-state index contributed by atoms with van der Waals surface area (Å²) in [4.78, 5) is 4.55. The third kappa shape index (κ3) is 4.19. The van der Waals surface area contributed by atoms with Crippen LogP contribution in [-0.4, -0.2) is 20.2 Å². The van der Waals surface area contributed by atoms with Crippen LogP contribution in [0, 0.1) is 11.3 Å². The van der Waals surface area contributed by atoms with Crippen molar-refractivity contribution in [2.24, 2.45) is 0 Å². The Morgan fingerprint density at radius 2 is 1.91 bits per heavy atom. The summed E-state index contributed by atoms with van der Waals surface area (Å²) in [6.07, 6.45) is 0.507. The van der Waals surface area contributed by atoms with E-state index in [1.807, 2.05) is 24.3 Å². The topological polar surface area (TPSA) is 36.3 Å². The molecule has 2 aromatic carbocycles. The Morgan fingerprint density at radius 1 is 1.14 bits per heavy atom. The van der Waals surface area contributed by atoms with E-state index in [4.69, 9.17) is 10.00 Å². The van der Waals surface area contributed by atoms with Gasteiger partial charge in [-0.2, -0.15) is 5.26 Å². The van der Waals surface area contributed by atoms with Crippen LogP contribution in [0.25, 0.3) is 0 Å². The van der Waals surface area contributed by atoms with Gasteiger partial charge in [0.1, 0.15) is 5.75 Å². The third-order valence-corrected chi connectivity index (χ3v) is 4.34. The van der Waals surface area contributed by atoms with Gasteiger partial charge in [0.2, 0.25) is 0 Å². The van der Waals surface area contributed by atoms with Crippen LogP contribution in [0.2, 0.25) is 0 Å². The van der Waals surface area contributed by atoms with Gasteiger partial charge in [-0.3, -0.25) is 0 Å². The van der Waals surface area contributed by atoms with Crippen LogP contribution in [0.4, 0.5) is 5.69 Å². The maximum atomic E-state index is 8.82. The predicted octanol–water partition coefficient (Wildman–Crippen LogP) is 4.59. The summed E-state index contributed by atoms with van der Waals surface area (Å²) >= 11 is 1.73. The smallest absolute Gasteiger partial charge is 0.142 e. The minimum Gasteiger partial charge on any atom is -0.495 e. The number of ether oxygens (including phenoxy) is 1. The Morgan fingerprint density at radius 3 is 2.55 bits per heavy atom. The second-order valence-corrected chi connectivity index (χ2v) is 5.88. The van der Waals surface area contributed by atoms with Gasteiger partial charge in [-0.05, 0) is 37.3 Å². The van der Waals surface area contributed by atoms with E-state index in [0.29, 0.717) is 13.0 Å². The molecule has 0 saturated heterocycles. The second kappa shape index (κ2) is 8.35. The Bertz CT molecular complexity index is 637. The van der Waals surface area contributed by atoms with Crippen LogP contribution < -0.4 is 9.64 Å². The Hall–Kier alpha value is -2.12. The molecular weight excluding hydrogens is 292 g/mol. The molecule has 0 aromatic heterocycles. The van der Waals surface area contributed by atoms with Gasteiger partial charge in [0.15, 0.2) is 0 Å². The Balaban J connectivity index is 2.27. The van der Waals surface area contributed by atoms with Crippen molar-refractivity contribution in [1.82, 2.24) is 0 Å². The SMILES string of the molecule is CCN(CCC#N)c1cc(Sc2ccccc2)ccc1OC. The number of anilines is 1. The monoisotopic (exact) mass is 312 g/mol. The quantitative estimate of drug-likeness (QED) is 0.749. The molecule has 0 atom stereocenters. The van der Waals surface area contributed by atoms with E-state index in [9.17, 15) is 0 Å². The summed E-state index contributed by atoms with van der Waals surface area (Å²) < 4.78 is 5.48. The van der Waals surface area contributed by atoms with Crippen molar-refractivity contribution in [3.8, 4) is 11.8 Å². The van der Waals surface area contributed by atoms with Crippen LogP contribution >= 0.6 is 11.8 Å². The van der Waals surface area contributed by atoms with Crippen LogP contribution in [0.5, 0.6) is 5.75 Å². The number of nitriles is 1. The third-order valence-electron chi connectivity index (χ3n) is 3.35. The van der Waals surface area contributed by atoms with Gasteiger partial charge in [-0.1, -0.05) is 30.0 Å². The van der Waals surface area contributed by atoms with Gasteiger partial charge in [-0.25, -0.2) is 0 Å². The lowest BCUT2D eigenvalue weighted by Crippen LogP contribution is -2.24. The number of hydrogen-bond donors (Lipinski definition) is 0. The minimum atomic E-state index is 0.507. The van der Waals surface area contributed by atoms with Crippen molar-refractivity contribution < 1.29 is 4.74 Å². The van der Waals surface area contributed by atoms with Crippen LogP contribution in [0.3, 0.4) is 0 Å². The van der Waals surface area contributed by atoms with E-state index in [1.165, 1.54) is 4.90 Å². The van der Waals surface area contributed by atoms with Crippen LogP contribution in [-0.2, 0) is 0 Å². The van der Waals surface area contributed by atoms with Crippen LogP contribution in [0.15, 0.2) is 58.3 Å². The molecule has 2 aromatic rings. The minimum absolute atomic E-state index is 0.507. The lowest BCUT2D eigenvalue weighted by molar-refractivity contribution is 0.414. The van der Waals surface area contributed by atoms with Crippen molar-refractivity contribution in [3.05, 3.63) is 48.5 Å². The molecule has 3 nitrogen and oxygen atoms in total. The highest BCUT2D eigenvalue weighted by molar-refractivity contribution is 7.99. The summed E-state index contributed by atoms with van der Waals surface area (Å²) in [5.41, 5.74) is 1.04. The molecule has 114 valence electrons. The summed E-state index contributed by atoms with van der Waals surface area (Å²) in [6, 6.07) is 18.7. The van der Waals surface area contributed by atoms with Gasteiger partial charge in [-0.15, -0.1) is 0 Å². The molecule has 0 spiro atoms. The highest BCUT2D eigenvalue weighted by atomic mass is 32.2. The number of hydrogen-bond acceptors (Lipinski definition) is 4. The number of methoxy groups -OCH3 is 1. The molecule has 0 aliphatic rings. The number of benzene rings is 2. The molecule has 22 heavy (non-hydrogen) atoms. The molecule has 0 aliphatic carbocycles. The fourth-order valence-electron chi connectivity index (χ4n) is 2.24. The molecule has 0 bridgehead atoms. The fourth-order valence-corrected chi connectivity index (χ4v) is 3.11. The molecule has 2 rings (SSSR count). The Kier molecular flexibility index (Phi) is 6.17.